The standard InChI is InChI=1S/C23H25N5O2/c1-15-20(16(2)30-26-15)10-23(29)28-13-18-11-27(12-19(18)14-28)22-9-8-21(24-25-22)17-6-4-3-5-7-17/h3-9,18-19H,10-14H2,1-2H3. The van der Waals surface area contributed by atoms with Crippen molar-refractivity contribution in [3.63, 3.8) is 0 Å². The van der Waals surface area contributed by atoms with Crippen molar-refractivity contribution in [1.82, 2.24) is 20.3 Å². The third-order valence-corrected chi connectivity index (χ3v) is 6.39. The number of likely N-dealkylation sites (tertiary alicyclic amines) is 1. The highest BCUT2D eigenvalue weighted by molar-refractivity contribution is 5.79. The number of nitrogens with zero attached hydrogens (tertiary/aromatic N) is 5. The topological polar surface area (TPSA) is 75.4 Å². The SMILES string of the molecule is Cc1noc(C)c1CC(=O)N1CC2CN(c3ccc(-c4ccccc4)nn3)CC2C1. The molecule has 2 aromatic heterocycles. The predicted molar refractivity (Wildman–Crippen MR) is 113 cm³/mol. The van der Waals surface area contributed by atoms with Gasteiger partial charge in [0.15, 0.2) is 5.82 Å². The van der Waals surface area contributed by atoms with Gasteiger partial charge in [0.1, 0.15) is 5.76 Å². The van der Waals surface area contributed by atoms with E-state index in [2.05, 4.69) is 26.3 Å². The van der Waals surface area contributed by atoms with E-state index in [1.807, 2.05) is 55.1 Å². The molecule has 4 heterocycles. The molecule has 1 aromatic carbocycles. The summed E-state index contributed by atoms with van der Waals surface area (Å²) in [6.07, 6.45) is 0.372. The molecule has 2 aliphatic heterocycles. The summed E-state index contributed by atoms with van der Waals surface area (Å²) in [7, 11) is 0. The lowest BCUT2D eigenvalue weighted by Crippen LogP contribution is -2.34. The number of aryl methyl sites for hydroxylation is 2. The van der Waals surface area contributed by atoms with E-state index in [0.717, 1.165) is 60.3 Å². The minimum atomic E-state index is 0.164. The second-order valence-corrected chi connectivity index (χ2v) is 8.35. The van der Waals surface area contributed by atoms with Gasteiger partial charge in [-0.25, -0.2) is 0 Å². The van der Waals surface area contributed by atoms with Crippen LogP contribution in [0.25, 0.3) is 11.3 Å². The van der Waals surface area contributed by atoms with Crippen molar-refractivity contribution >= 4 is 11.7 Å². The Kier molecular flexibility index (Phi) is 4.73. The lowest BCUT2D eigenvalue weighted by atomic mass is 10.0. The van der Waals surface area contributed by atoms with Gasteiger partial charge in [0.05, 0.1) is 17.8 Å². The summed E-state index contributed by atoms with van der Waals surface area (Å²) in [4.78, 5) is 17.1. The normalized spacial score (nSPS) is 20.6. The van der Waals surface area contributed by atoms with Crippen LogP contribution in [0.5, 0.6) is 0 Å². The fraction of sp³-hybridized carbons (Fsp3) is 0.391. The minimum absolute atomic E-state index is 0.164. The average Bonchev–Trinajstić information content (AvgIpc) is 3.44. The number of hydrogen-bond acceptors (Lipinski definition) is 6. The average molecular weight is 403 g/mol. The molecule has 0 saturated carbocycles. The number of anilines is 1. The minimum Gasteiger partial charge on any atom is -0.361 e. The van der Waals surface area contributed by atoms with E-state index in [0.29, 0.717) is 18.3 Å². The van der Waals surface area contributed by atoms with E-state index in [4.69, 9.17) is 4.52 Å². The summed E-state index contributed by atoms with van der Waals surface area (Å²) in [6, 6.07) is 14.2. The summed E-state index contributed by atoms with van der Waals surface area (Å²) >= 11 is 0. The van der Waals surface area contributed by atoms with E-state index in [9.17, 15) is 4.79 Å². The number of benzene rings is 1. The number of fused-ring (bicyclic) bond motifs is 1. The first-order valence-electron chi connectivity index (χ1n) is 10.4. The maximum atomic E-state index is 12.8. The van der Waals surface area contributed by atoms with E-state index in [-0.39, 0.29) is 5.91 Å². The Morgan fingerprint density at radius 1 is 1.00 bits per heavy atom. The Hall–Kier alpha value is -3.22. The molecule has 5 rings (SSSR count). The molecule has 2 saturated heterocycles. The van der Waals surface area contributed by atoms with Crippen LogP contribution in [0.1, 0.15) is 17.0 Å². The molecular weight excluding hydrogens is 378 g/mol. The van der Waals surface area contributed by atoms with Crippen LogP contribution in [-0.4, -0.2) is 52.3 Å². The maximum absolute atomic E-state index is 12.8. The molecule has 30 heavy (non-hydrogen) atoms. The van der Waals surface area contributed by atoms with Crippen molar-refractivity contribution in [2.24, 2.45) is 11.8 Å². The molecule has 0 radical (unpaired) electrons. The summed E-state index contributed by atoms with van der Waals surface area (Å²) < 4.78 is 5.19. The molecule has 3 aromatic rings. The molecule has 0 bridgehead atoms. The Balaban J connectivity index is 1.20. The van der Waals surface area contributed by atoms with Crippen molar-refractivity contribution in [1.29, 1.82) is 0 Å². The lowest BCUT2D eigenvalue weighted by molar-refractivity contribution is -0.129. The van der Waals surface area contributed by atoms with Crippen LogP contribution in [0.4, 0.5) is 5.82 Å². The number of carbonyl (C=O) groups is 1. The maximum Gasteiger partial charge on any atom is 0.227 e. The molecule has 7 nitrogen and oxygen atoms in total. The van der Waals surface area contributed by atoms with Crippen LogP contribution in [0.2, 0.25) is 0 Å². The Labute approximate surface area is 175 Å². The van der Waals surface area contributed by atoms with Gasteiger partial charge >= 0.3 is 0 Å². The second kappa shape index (κ2) is 7.55. The number of aromatic nitrogens is 3. The van der Waals surface area contributed by atoms with Gasteiger partial charge in [0, 0.05) is 49.1 Å². The highest BCUT2D eigenvalue weighted by Crippen LogP contribution is 2.34. The Morgan fingerprint density at radius 3 is 2.33 bits per heavy atom. The predicted octanol–water partition coefficient (Wildman–Crippen LogP) is 2.89. The van der Waals surface area contributed by atoms with Gasteiger partial charge in [-0.3, -0.25) is 4.79 Å². The molecule has 0 aliphatic carbocycles. The summed E-state index contributed by atoms with van der Waals surface area (Å²) in [5.74, 6) is 2.78. The number of amides is 1. The fourth-order valence-corrected chi connectivity index (χ4v) is 4.66. The Bertz CT molecular complexity index is 1010. The first kappa shape index (κ1) is 18.8. The van der Waals surface area contributed by atoms with Gasteiger partial charge < -0.3 is 14.3 Å². The van der Waals surface area contributed by atoms with Crippen LogP contribution in [0.3, 0.4) is 0 Å². The van der Waals surface area contributed by atoms with Crippen molar-refractivity contribution in [3.8, 4) is 11.3 Å². The molecule has 2 atom stereocenters. The molecule has 0 spiro atoms. The van der Waals surface area contributed by atoms with E-state index in [1.54, 1.807) is 0 Å². The summed E-state index contributed by atoms with van der Waals surface area (Å²) in [5.41, 5.74) is 3.69. The molecule has 154 valence electrons. The molecule has 2 unspecified atom stereocenters. The van der Waals surface area contributed by atoms with Gasteiger partial charge in [-0.05, 0) is 26.0 Å². The molecule has 2 fully saturated rings. The van der Waals surface area contributed by atoms with Crippen molar-refractivity contribution in [2.45, 2.75) is 20.3 Å². The zero-order chi connectivity index (χ0) is 20.7. The first-order valence-corrected chi connectivity index (χ1v) is 10.4. The third kappa shape index (κ3) is 3.44. The zero-order valence-corrected chi connectivity index (χ0v) is 17.3. The largest absolute Gasteiger partial charge is 0.361 e. The third-order valence-electron chi connectivity index (χ3n) is 6.39. The molecule has 1 amide bonds. The van der Waals surface area contributed by atoms with E-state index < -0.39 is 0 Å². The van der Waals surface area contributed by atoms with Crippen LogP contribution in [-0.2, 0) is 11.2 Å². The zero-order valence-electron chi connectivity index (χ0n) is 17.3. The Morgan fingerprint density at radius 2 is 1.73 bits per heavy atom. The van der Waals surface area contributed by atoms with E-state index in [1.165, 1.54) is 0 Å². The smallest absolute Gasteiger partial charge is 0.227 e. The van der Waals surface area contributed by atoms with Gasteiger partial charge in [0.2, 0.25) is 5.91 Å². The molecular formula is C23H25N5O2. The van der Waals surface area contributed by atoms with Crippen molar-refractivity contribution < 1.29 is 9.32 Å². The van der Waals surface area contributed by atoms with Crippen LogP contribution in [0, 0.1) is 25.7 Å². The molecule has 0 N–H and O–H groups in total. The van der Waals surface area contributed by atoms with Crippen LogP contribution >= 0.6 is 0 Å². The highest BCUT2D eigenvalue weighted by Gasteiger charge is 2.42. The monoisotopic (exact) mass is 403 g/mol. The second-order valence-electron chi connectivity index (χ2n) is 8.35. The quantitative estimate of drug-likeness (QED) is 0.667. The van der Waals surface area contributed by atoms with Crippen molar-refractivity contribution in [3.05, 3.63) is 59.5 Å². The van der Waals surface area contributed by atoms with Crippen LogP contribution < -0.4 is 4.90 Å². The van der Waals surface area contributed by atoms with Gasteiger partial charge in [-0.2, -0.15) is 0 Å². The fourth-order valence-electron chi connectivity index (χ4n) is 4.66. The van der Waals surface area contributed by atoms with E-state index >= 15 is 0 Å². The lowest BCUT2D eigenvalue weighted by Gasteiger charge is -2.22. The summed E-state index contributed by atoms with van der Waals surface area (Å²) in [6.45, 7) is 7.19. The van der Waals surface area contributed by atoms with Gasteiger partial charge in [-0.1, -0.05) is 35.5 Å². The summed E-state index contributed by atoms with van der Waals surface area (Å²) in [5, 5.41) is 12.8. The first-order chi connectivity index (χ1) is 14.6. The van der Waals surface area contributed by atoms with Gasteiger partial charge in [-0.15, -0.1) is 10.2 Å². The van der Waals surface area contributed by atoms with Crippen molar-refractivity contribution in [2.75, 3.05) is 31.1 Å². The highest BCUT2D eigenvalue weighted by atomic mass is 16.5. The number of rotatable bonds is 4. The molecule has 7 heteroatoms. The number of hydrogen-bond donors (Lipinski definition) is 0. The molecule has 2 aliphatic rings. The van der Waals surface area contributed by atoms with Gasteiger partial charge in [0.25, 0.3) is 0 Å². The van der Waals surface area contributed by atoms with Crippen LogP contribution in [0.15, 0.2) is 47.0 Å². The number of carbonyl (C=O) groups excluding carboxylic acids is 1.